The fraction of sp³-hybridized carbons (Fsp3) is 0.318. The van der Waals surface area contributed by atoms with Crippen molar-refractivity contribution in [3.05, 3.63) is 74.0 Å². The fourth-order valence-electron chi connectivity index (χ4n) is 4.46. The van der Waals surface area contributed by atoms with Crippen LogP contribution in [0.5, 0.6) is 0 Å². The molecule has 0 amide bonds. The van der Waals surface area contributed by atoms with Gasteiger partial charge in [0.25, 0.3) is 0 Å². The van der Waals surface area contributed by atoms with Crippen molar-refractivity contribution in [2.75, 3.05) is 6.54 Å². The second-order valence-electron chi connectivity index (χ2n) is 7.64. The smallest absolute Gasteiger partial charge is 0.139 e. The van der Waals surface area contributed by atoms with Gasteiger partial charge in [-0.2, -0.15) is 0 Å². The van der Waals surface area contributed by atoms with Crippen molar-refractivity contribution in [3.8, 4) is 11.4 Å². The van der Waals surface area contributed by atoms with Crippen LogP contribution in [0.25, 0.3) is 11.4 Å². The van der Waals surface area contributed by atoms with Gasteiger partial charge in [0.2, 0.25) is 0 Å². The van der Waals surface area contributed by atoms with E-state index in [1.807, 2.05) is 18.2 Å². The lowest BCUT2D eigenvalue weighted by atomic mass is 9.87. The summed E-state index contributed by atoms with van der Waals surface area (Å²) in [4.78, 5) is 10.9. The summed E-state index contributed by atoms with van der Waals surface area (Å²) in [5.74, 6) is 0.806. The third kappa shape index (κ3) is 3.35. The number of hydrogen-bond donors (Lipinski definition) is 1. The number of hydrogen-bond acceptors (Lipinski definition) is 2. The van der Waals surface area contributed by atoms with Crippen molar-refractivity contribution in [1.29, 1.82) is 0 Å². The third-order valence-corrected chi connectivity index (χ3v) is 7.01. The molecule has 0 spiro atoms. The van der Waals surface area contributed by atoms with E-state index in [-0.39, 0.29) is 0 Å². The Morgan fingerprint density at radius 3 is 2.82 bits per heavy atom. The van der Waals surface area contributed by atoms with Crippen molar-refractivity contribution >= 4 is 34.8 Å². The van der Waals surface area contributed by atoms with Crippen LogP contribution in [0, 0.1) is 0 Å². The molecule has 1 aliphatic heterocycles. The van der Waals surface area contributed by atoms with Gasteiger partial charge in [0.1, 0.15) is 5.82 Å². The number of nitrogens with one attached hydrogen (secondary N) is 1. The molecule has 1 aromatic heterocycles. The summed E-state index contributed by atoms with van der Waals surface area (Å²) in [6, 6.07) is 12.5. The molecule has 3 nitrogen and oxygen atoms in total. The Bertz CT molecular complexity index is 1040. The van der Waals surface area contributed by atoms with Crippen LogP contribution in [-0.4, -0.2) is 27.5 Å². The highest BCUT2D eigenvalue weighted by Crippen LogP contribution is 2.34. The summed E-state index contributed by atoms with van der Waals surface area (Å²) >= 11 is 18.8. The van der Waals surface area contributed by atoms with E-state index in [4.69, 9.17) is 39.8 Å². The van der Waals surface area contributed by atoms with Crippen molar-refractivity contribution in [1.82, 2.24) is 14.9 Å². The maximum atomic E-state index is 6.39. The number of rotatable bonds is 2. The van der Waals surface area contributed by atoms with Crippen molar-refractivity contribution in [2.45, 2.75) is 38.3 Å². The van der Waals surface area contributed by atoms with E-state index in [9.17, 15) is 0 Å². The first-order chi connectivity index (χ1) is 13.6. The number of aromatic amines is 1. The first-order valence-electron chi connectivity index (χ1n) is 9.62. The van der Waals surface area contributed by atoms with Gasteiger partial charge >= 0.3 is 0 Å². The average Bonchev–Trinajstić information content (AvgIpc) is 3.12. The van der Waals surface area contributed by atoms with Gasteiger partial charge < -0.3 is 4.98 Å². The molecule has 0 saturated carbocycles. The van der Waals surface area contributed by atoms with Crippen LogP contribution >= 0.6 is 34.8 Å². The molecule has 28 heavy (non-hydrogen) atoms. The summed E-state index contributed by atoms with van der Waals surface area (Å²) in [5, 5.41) is 1.93. The minimum absolute atomic E-state index is 0.542. The molecule has 1 unspecified atom stereocenters. The van der Waals surface area contributed by atoms with E-state index in [1.165, 1.54) is 23.2 Å². The molecular weight excluding hydrogens is 413 g/mol. The molecular formula is C22H20Cl3N3. The van der Waals surface area contributed by atoms with Gasteiger partial charge in [-0.3, -0.25) is 4.90 Å². The largest absolute Gasteiger partial charge is 0.340 e. The number of aromatic nitrogens is 2. The van der Waals surface area contributed by atoms with Gasteiger partial charge in [0.15, 0.2) is 0 Å². The highest BCUT2D eigenvalue weighted by atomic mass is 35.5. The Morgan fingerprint density at radius 2 is 1.93 bits per heavy atom. The SMILES string of the molecule is Clc1ccc2c(c1)CC(N1CCc3nc(-c4cccc(Cl)c4Cl)[nH]c3C1)CC2. The predicted octanol–water partition coefficient (Wildman–Crippen LogP) is 5.95. The fourth-order valence-corrected chi connectivity index (χ4v) is 5.04. The Labute approximate surface area is 179 Å². The second-order valence-corrected chi connectivity index (χ2v) is 8.86. The van der Waals surface area contributed by atoms with Gasteiger partial charge in [0.05, 0.1) is 21.4 Å². The zero-order valence-electron chi connectivity index (χ0n) is 15.3. The van der Waals surface area contributed by atoms with E-state index in [0.29, 0.717) is 16.1 Å². The molecule has 0 fully saturated rings. The first kappa shape index (κ1) is 18.5. The summed E-state index contributed by atoms with van der Waals surface area (Å²) in [6.07, 6.45) is 4.31. The van der Waals surface area contributed by atoms with Gasteiger partial charge in [0, 0.05) is 36.1 Å². The minimum Gasteiger partial charge on any atom is -0.340 e. The molecule has 1 aliphatic carbocycles. The summed E-state index contributed by atoms with van der Waals surface area (Å²) in [5.41, 5.74) is 6.02. The van der Waals surface area contributed by atoms with Crippen molar-refractivity contribution in [3.63, 3.8) is 0 Å². The lowest BCUT2D eigenvalue weighted by Gasteiger charge is -2.37. The molecule has 6 heteroatoms. The highest BCUT2D eigenvalue weighted by molar-refractivity contribution is 6.43. The van der Waals surface area contributed by atoms with E-state index in [1.54, 1.807) is 6.07 Å². The molecule has 3 aromatic rings. The number of H-pyrrole nitrogens is 1. The van der Waals surface area contributed by atoms with E-state index >= 15 is 0 Å². The molecule has 0 saturated heterocycles. The zero-order chi connectivity index (χ0) is 19.3. The van der Waals surface area contributed by atoms with E-state index in [0.717, 1.165) is 54.5 Å². The highest BCUT2D eigenvalue weighted by Gasteiger charge is 2.29. The van der Waals surface area contributed by atoms with Crippen LogP contribution in [0.15, 0.2) is 36.4 Å². The van der Waals surface area contributed by atoms with E-state index in [2.05, 4.69) is 22.0 Å². The Hall–Kier alpha value is -1.52. The summed E-state index contributed by atoms with van der Waals surface area (Å²) in [6.45, 7) is 1.92. The Morgan fingerprint density at radius 1 is 1.04 bits per heavy atom. The number of halogens is 3. The summed E-state index contributed by atoms with van der Waals surface area (Å²) in [7, 11) is 0. The lowest BCUT2D eigenvalue weighted by Crippen LogP contribution is -2.42. The predicted molar refractivity (Wildman–Crippen MR) is 115 cm³/mol. The number of nitrogens with zero attached hydrogens (tertiary/aromatic N) is 2. The van der Waals surface area contributed by atoms with Crippen LogP contribution < -0.4 is 0 Å². The van der Waals surface area contributed by atoms with Crippen LogP contribution in [0.4, 0.5) is 0 Å². The lowest BCUT2D eigenvalue weighted by molar-refractivity contribution is 0.160. The van der Waals surface area contributed by atoms with Crippen LogP contribution in [0.3, 0.4) is 0 Å². The molecule has 5 rings (SSSR count). The van der Waals surface area contributed by atoms with Crippen molar-refractivity contribution < 1.29 is 0 Å². The summed E-state index contributed by atoms with van der Waals surface area (Å²) < 4.78 is 0. The third-order valence-electron chi connectivity index (χ3n) is 5.96. The molecule has 0 bridgehead atoms. The molecule has 1 atom stereocenters. The van der Waals surface area contributed by atoms with Gasteiger partial charge in [-0.1, -0.05) is 46.9 Å². The Balaban J connectivity index is 1.37. The van der Waals surface area contributed by atoms with Gasteiger partial charge in [-0.05, 0) is 54.7 Å². The molecule has 1 N–H and O–H groups in total. The molecule has 2 aliphatic rings. The standard InChI is InChI=1S/C22H20Cl3N3/c23-15-6-4-13-5-7-16(11-14(13)10-15)28-9-8-19-20(12-28)27-22(26-19)17-2-1-3-18(24)21(17)25/h1-4,6,10,16H,5,7-9,11-12H2,(H,26,27). The first-order valence-corrected chi connectivity index (χ1v) is 10.8. The zero-order valence-corrected chi connectivity index (χ0v) is 17.6. The van der Waals surface area contributed by atoms with Gasteiger partial charge in [-0.25, -0.2) is 4.98 Å². The number of imidazole rings is 1. The van der Waals surface area contributed by atoms with Gasteiger partial charge in [-0.15, -0.1) is 0 Å². The van der Waals surface area contributed by atoms with Crippen LogP contribution in [0.1, 0.15) is 28.9 Å². The Kier molecular flexibility index (Phi) is 4.88. The van der Waals surface area contributed by atoms with Crippen LogP contribution in [-0.2, 0) is 25.8 Å². The van der Waals surface area contributed by atoms with E-state index < -0.39 is 0 Å². The molecule has 2 heterocycles. The number of fused-ring (bicyclic) bond motifs is 2. The molecule has 2 aromatic carbocycles. The second kappa shape index (κ2) is 7.38. The quantitative estimate of drug-likeness (QED) is 0.542. The monoisotopic (exact) mass is 431 g/mol. The average molecular weight is 433 g/mol. The maximum absolute atomic E-state index is 6.39. The molecule has 0 radical (unpaired) electrons. The number of aryl methyl sites for hydroxylation is 1. The molecule has 144 valence electrons. The maximum Gasteiger partial charge on any atom is 0.139 e. The number of benzene rings is 2. The normalized spacial score (nSPS) is 19.3. The van der Waals surface area contributed by atoms with Crippen LogP contribution in [0.2, 0.25) is 15.1 Å². The van der Waals surface area contributed by atoms with Crippen molar-refractivity contribution in [2.24, 2.45) is 0 Å². The minimum atomic E-state index is 0.542. The topological polar surface area (TPSA) is 31.9 Å².